The summed E-state index contributed by atoms with van der Waals surface area (Å²) in [5.41, 5.74) is 3.30. The average molecular weight is 412 g/mol. The molecule has 0 fully saturated rings. The predicted octanol–water partition coefficient (Wildman–Crippen LogP) is 3.94. The van der Waals surface area contributed by atoms with E-state index in [1.165, 1.54) is 21.7 Å². The zero-order chi connectivity index (χ0) is 21.8. The molecule has 0 unspecified atom stereocenters. The number of carboxylic acids is 1. The van der Waals surface area contributed by atoms with Crippen LogP contribution in [0.2, 0.25) is 0 Å². The zero-order valence-corrected chi connectivity index (χ0v) is 18.3. The Morgan fingerprint density at radius 3 is 1.14 bits per heavy atom. The quantitative estimate of drug-likeness (QED) is 0.701. The van der Waals surface area contributed by atoms with Crippen LogP contribution in [-0.2, 0) is 15.6 Å². The van der Waals surface area contributed by atoms with Crippen molar-refractivity contribution < 1.29 is 23.1 Å². The van der Waals surface area contributed by atoms with Crippen molar-refractivity contribution in [3.8, 4) is 0 Å². The van der Waals surface area contributed by atoms with Crippen molar-refractivity contribution in [2.45, 2.75) is 58.5 Å². The van der Waals surface area contributed by atoms with E-state index in [2.05, 4.69) is 90.1 Å². The second kappa shape index (κ2) is 9.09. The third kappa shape index (κ3) is 8.02. The van der Waals surface area contributed by atoms with Crippen molar-refractivity contribution in [2.75, 3.05) is 0 Å². The molecule has 0 radical (unpaired) electrons. The molecule has 0 aliphatic rings. The van der Waals surface area contributed by atoms with Gasteiger partial charge < -0.3 is 9.90 Å². The lowest BCUT2D eigenvalue weighted by Crippen LogP contribution is -2.37. The Labute approximate surface area is 167 Å². The van der Waals surface area contributed by atoms with Gasteiger partial charge in [-0.15, -0.1) is 0 Å². The van der Waals surface area contributed by atoms with Crippen LogP contribution in [0.5, 0.6) is 0 Å². The average Bonchev–Trinajstić information content (AvgIpc) is 2.54. The highest BCUT2D eigenvalue weighted by Gasteiger charge is 2.28. The van der Waals surface area contributed by atoms with Crippen LogP contribution < -0.4 is 15.7 Å². The monoisotopic (exact) mass is 412 g/mol. The van der Waals surface area contributed by atoms with Gasteiger partial charge >= 0.3 is 6.18 Å². The van der Waals surface area contributed by atoms with Gasteiger partial charge in [0.15, 0.2) is 0 Å². The first-order valence-corrected chi connectivity index (χ1v) is 10.1. The Morgan fingerprint density at radius 1 is 0.714 bits per heavy atom. The zero-order valence-electron chi connectivity index (χ0n) is 17.1. The SMILES string of the molecule is CC(C)(C)c1ccc([PH2+]c2ccc(C(C)(C)C)cc2)cc1.O=C([O-])C(F)(F)F. The van der Waals surface area contributed by atoms with E-state index < -0.39 is 12.1 Å². The summed E-state index contributed by atoms with van der Waals surface area (Å²) in [5, 5.41) is 11.7. The van der Waals surface area contributed by atoms with Crippen molar-refractivity contribution >= 4 is 25.2 Å². The van der Waals surface area contributed by atoms with Crippen molar-refractivity contribution in [1.29, 1.82) is 0 Å². The maximum atomic E-state index is 10.5. The summed E-state index contributed by atoms with van der Waals surface area (Å²) in [6.07, 6.45) is -5.19. The van der Waals surface area contributed by atoms with Crippen molar-refractivity contribution in [3.05, 3.63) is 59.7 Å². The number of benzene rings is 2. The third-order valence-corrected chi connectivity index (χ3v) is 5.55. The second-order valence-corrected chi connectivity index (χ2v) is 10.3. The highest BCUT2D eigenvalue weighted by Crippen LogP contribution is 2.24. The predicted molar refractivity (Wildman–Crippen MR) is 110 cm³/mol. The number of halogens is 3. The van der Waals surface area contributed by atoms with Crippen LogP contribution in [0.4, 0.5) is 13.2 Å². The van der Waals surface area contributed by atoms with Crippen LogP contribution in [0, 0.1) is 0 Å². The Balaban J connectivity index is 0.000000480. The lowest BCUT2D eigenvalue weighted by molar-refractivity contribution is -0.344. The summed E-state index contributed by atoms with van der Waals surface area (Å²) < 4.78 is 31.5. The molecule has 0 N–H and O–H groups in total. The number of alkyl halides is 3. The molecule has 28 heavy (non-hydrogen) atoms. The van der Waals surface area contributed by atoms with E-state index in [0.29, 0.717) is 0 Å². The molecule has 2 rings (SSSR count). The summed E-state index contributed by atoms with van der Waals surface area (Å²) in [4.78, 5) is 8.78. The number of aliphatic carboxylic acids is 1. The van der Waals surface area contributed by atoms with Crippen LogP contribution in [0.15, 0.2) is 48.5 Å². The molecule has 0 aliphatic carbocycles. The van der Waals surface area contributed by atoms with E-state index in [1.54, 1.807) is 0 Å². The van der Waals surface area contributed by atoms with Crippen LogP contribution in [0.3, 0.4) is 0 Å². The fourth-order valence-corrected chi connectivity index (χ4v) is 3.51. The van der Waals surface area contributed by atoms with E-state index in [9.17, 15) is 13.2 Å². The Morgan fingerprint density at radius 2 is 0.964 bits per heavy atom. The van der Waals surface area contributed by atoms with E-state index >= 15 is 0 Å². The maximum Gasteiger partial charge on any atom is 0.430 e. The summed E-state index contributed by atoms with van der Waals surface area (Å²) >= 11 is 0. The van der Waals surface area contributed by atoms with Crippen LogP contribution >= 0.6 is 8.58 Å². The van der Waals surface area contributed by atoms with Gasteiger partial charge in [0.05, 0.1) is 19.2 Å². The van der Waals surface area contributed by atoms with Gasteiger partial charge in [0.1, 0.15) is 5.97 Å². The van der Waals surface area contributed by atoms with Gasteiger partial charge in [-0.1, -0.05) is 65.8 Å². The van der Waals surface area contributed by atoms with Crippen molar-refractivity contribution in [2.24, 2.45) is 0 Å². The van der Waals surface area contributed by atoms with Gasteiger partial charge in [0.2, 0.25) is 0 Å². The minimum absolute atomic E-state index is 0.191. The third-order valence-electron chi connectivity index (χ3n) is 4.12. The number of hydrogen-bond donors (Lipinski definition) is 0. The minimum Gasteiger partial charge on any atom is -0.542 e. The van der Waals surface area contributed by atoms with E-state index in [-0.39, 0.29) is 19.4 Å². The summed E-state index contributed by atoms with van der Waals surface area (Å²) in [5.74, 6) is -3.01. The van der Waals surface area contributed by atoms with Gasteiger partial charge in [0.25, 0.3) is 0 Å². The molecule has 154 valence electrons. The fourth-order valence-electron chi connectivity index (χ4n) is 2.35. The molecule has 0 amide bonds. The largest absolute Gasteiger partial charge is 0.542 e. The molecule has 0 aliphatic heterocycles. The van der Waals surface area contributed by atoms with Gasteiger partial charge in [-0.2, -0.15) is 13.2 Å². The van der Waals surface area contributed by atoms with Gasteiger partial charge in [-0.25, -0.2) is 0 Å². The first kappa shape index (κ1) is 24.2. The Hall–Kier alpha value is -1.87. The lowest BCUT2D eigenvalue weighted by Gasteiger charge is -2.19. The molecule has 0 saturated heterocycles. The second-order valence-electron chi connectivity index (χ2n) is 8.67. The molecular weight excluding hydrogens is 384 g/mol. The molecular formula is C22H28F3O2P. The van der Waals surface area contributed by atoms with Gasteiger partial charge in [0, 0.05) is 0 Å². The first-order chi connectivity index (χ1) is 12.6. The molecule has 2 aromatic rings. The van der Waals surface area contributed by atoms with E-state index in [0.717, 1.165) is 0 Å². The number of carbonyl (C=O) groups is 1. The molecule has 0 spiro atoms. The minimum atomic E-state index is -5.19. The van der Waals surface area contributed by atoms with Crippen LogP contribution in [0.25, 0.3) is 0 Å². The van der Waals surface area contributed by atoms with Crippen molar-refractivity contribution in [1.82, 2.24) is 0 Å². The van der Waals surface area contributed by atoms with Crippen LogP contribution in [0.1, 0.15) is 52.7 Å². The standard InChI is InChI=1S/C20H27P.C2HF3O2/c1-19(2,3)15-7-11-17(12-8-15)21-18-13-9-16(10-14-18)20(4,5)6;3-2(4,5)1(6)7/h7-14,21H,1-6H3;(H,6,7). The number of hydrogen-bond acceptors (Lipinski definition) is 2. The summed E-state index contributed by atoms with van der Waals surface area (Å²) in [7, 11) is 0.191. The Kier molecular flexibility index (Phi) is 7.84. The van der Waals surface area contributed by atoms with E-state index in [4.69, 9.17) is 9.90 Å². The first-order valence-electron chi connectivity index (χ1n) is 8.95. The molecule has 0 aromatic heterocycles. The molecule has 0 bridgehead atoms. The molecule has 6 heteroatoms. The maximum absolute atomic E-state index is 10.5. The fraction of sp³-hybridized carbons (Fsp3) is 0.409. The van der Waals surface area contributed by atoms with E-state index in [1.807, 2.05) is 0 Å². The summed E-state index contributed by atoms with van der Waals surface area (Å²) in [6, 6.07) is 18.3. The highest BCUT2D eigenvalue weighted by atomic mass is 31.1. The normalized spacial score (nSPS) is 12.2. The molecule has 0 heterocycles. The van der Waals surface area contributed by atoms with Crippen LogP contribution in [-0.4, -0.2) is 12.1 Å². The van der Waals surface area contributed by atoms with Gasteiger partial charge in [-0.05, 0) is 46.2 Å². The summed E-state index contributed by atoms with van der Waals surface area (Å²) in [6.45, 7) is 13.6. The molecule has 0 atom stereocenters. The highest BCUT2D eigenvalue weighted by molar-refractivity contribution is 7.55. The molecule has 2 nitrogen and oxygen atoms in total. The number of rotatable bonds is 2. The molecule has 2 aromatic carbocycles. The number of carboxylic acid groups (broad SMARTS) is 1. The number of carbonyl (C=O) groups excluding carboxylic acids is 1. The van der Waals surface area contributed by atoms with Gasteiger partial charge in [-0.3, -0.25) is 0 Å². The lowest BCUT2D eigenvalue weighted by atomic mass is 9.87. The smallest absolute Gasteiger partial charge is 0.430 e. The molecule has 0 saturated carbocycles. The topological polar surface area (TPSA) is 40.1 Å². The Bertz CT molecular complexity index is 710. The van der Waals surface area contributed by atoms with Crippen molar-refractivity contribution in [3.63, 3.8) is 0 Å².